The molecule has 1 heterocycles. The van der Waals surface area contributed by atoms with Crippen molar-refractivity contribution in [2.75, 3.05) is 11.9 Å². The molecule has 144 valence electrons. The number of halogens is 1. The SMILES string of the molecule is CCOc1ccccc1Nc1ncnc(Oc2ccc(Cl)c(C)c2)c1[N+](=O)[O-]. The molecule has 28 heavy (non-hydrogen) atoms. The van der Waals surface area contributed by atoms with E-state index in [2.05, 4.69) is 15.3 Å². The molecule has 0 saturated heterocycles. The fraction of sp³-hybridized carbons (Fsp3) is 0.158. The predicted octanol–water partition coefficient (Wildman–Crippen LogP) is 5.28. The van der Waals surface area contributed by atoms with Crippen LogP contribution in [0.1, 0.15) is 12.5 Å². The highest BCUT2D eigenvalue weighted by molar-refractivity contribution is 6.31. The lowest BCUT2D eigenvalue weighted by Crippen LogP contribution is -2.05. The minimum atomic E-state index is -0.594. The van der Waals surface area contributed by atoms with Crippen molar-refractivity contribution in [3.63, 3.8) is 0 Å². The number of benzene rings is 2. The van der Waals surface area contributed by atoms with Crippen molar-refractivity contribution in [1.29, 1.82) is 0 Å². The van der Waals surface area contributed by atoms with E-state index in [1.165, 1.54) is 6.33 Å². The summed E-state index contributed by atoms with van der Waals surface area (Å²) in [5.74, 6) is 0.740. The van der Waals surface area contributed by atoms with Gasteiger partial charge in [0, 0.05) is 5.02 Å². The highest BCUT2D eigenvalue weighted by atomic mass is 35.5. The van der Waals surface area contributed by atoms with Crippen molar-refractivity contribution in [3.8, 4) is 17.4 Å². The van der Waals surface area contributed by atoms with Crippen LogP contribution in [0.15, 0.2) is 48.8 Å². The summed E-state index contributed by atoms with van der Waals surface area (Å²) >= 11 is 6.01. The van der Waals surface area contributed by atoms with Gasteiger partial charge in [-0.3, -0.25) is 10.1 Å². The highest BCUT2D eigenvalue weighted by Gasteiger charge is 2.26. The average molecular weight is 401 g/mol. The van der Waals surface area contributed by atoms with E-state index in [-0.39, 0.29) is 17.4 Å². The van der Waals surface area contributed by atoms with Gasteiger partial charge in [0.05, 0.1) is 17.2 Å². The minimum absolute atomic E-state index is 0.00663. The Morgan fingerprint density at radius 2 is 2.00 bits per heavy atom. The third kappa shape index (κ3) is 4.29. The van der Waals surface area contributed by atoms with Gasteiger partial charge in [0.25, 0.3) is 0 Å². The summed E-state index contributed by atoms with van der Waals surface area (Å²) < 4.78 is 11.2. The largest absolute Gasteiger partial charge is 0.492 e. The van der Waals surface area contributed by atoms with Crippen molar-refractivity contribution in [2.24, 2.45) is 0 Å². The van der Waals surface area contributed by atoms with E-state index in [9.17, 15) is 10.1 Å². The zero-order chi connectivity index (χ0) is 20.1. The Morgan fingerprint density at radius 1 is 1.21 bits per heavy atom. The van der Waals surface area contributed by atoms with E-state index in [0.717, 1.165) is 5.56 Å². The first kappa shape index (κ1) is 19.4. The summed E-state index contributed by atoms with van der Waals surface area (Å²) in [6.45, 7) is 4.11. The second kappa shape index (κ2) is 8.53. The molecule has 0 radical (unpaired) electrons. The predicted molar refractivity (Wildman–Crippen MR) is 106 cm³/mol. The molecule has 0 bridgehead atoms. The molecule has 0 amide bonds. The van der Waals surface area contributed by atoms with Crippen molar-refractivity contribution in [2.45, 2.75) is 13.8 Å². The van der Waals surface area contributed by atoms with Crippen molar-refractivity contribution < 1.29 is 14.4 Å². The van der Waals surface area contributed by atoms with E-state index >= 15 is 0 Å². The Bertz CT molecular complexity index is 1010. The van der Waals surface area contributed by atoms with E-state index < -0.39 is 4.92 Å². The zero-order valence-corrected chi connectivity index (χ0v) is 15.9. The van der Waals surface area contributed by atoms with Gasteiger partial charge in [0.1, 0.15) is 17.8 Å². The van der Waals surface area contributed by atoms with Gasteiger partial charge in [0.2, 0.25) is 5.82 Å². The van der Waals surface area contributed by atoms with Crippen molar-refractivity contribution in [3.05, 3.63) is 69.5 Å². The quantitative estimate of drug-likeness (QED) is 0.425. The Kier molecular flexibility index (Phi) is 5.90. The number of aromatic nitrogens is 2. The number of anilines is 2. The van der Waals surface area contributed by atoms with Crippen molar-refractivity contribution in [1.82, 2.24) is 9.97 Å². The number of hydrogen-bond donors (Lipinski definition) is 1. The number of aryl methyl sites for hydroxylation is 1. The van der Waals surface area contributed by atoms with Crippen LogP contribution in [0.4, 0.5) is 17.2 Å². The van der Waals surface area contributed by atoms with Crippen LogP contribution >= 0.6 is 11.6 Å². The van der Waals surface area contributed by atoms with Crippen LogP contribution in [0.3, 0.4) is 0 Å². The lowest BCUT2D eigenvalue weighted by Gasteiger charge is -2.13. The summed E-state index contributed by atoms with van der Waals surface area (Å²) in [5.41, 5.74) is 0.931. The first-order valence-electron chi connectivity index (χ1n) is 8.41. The molecule has 0 unspecified atom stereocenters. The molecule has 0 spiro atoms. The molecule has 1 N–H and O–H groups in total. The average Bonchev–Trinajstić information content (AvgIpc) is 2.66. The molecule has 9 heteroatoms. The number of rotatable bonds is 7. The van der Waals surface area contributed by atoms with Crippen LogP contribution in [-0.2, 0) is 0 Å². The molecule has 3 rings (SSSR count). The number of hydrogen-bond acceptors (Lipinski definition) is 7. The molecule has 0 aliphatic carbocycles. The number of nitro groups is 1. The molecule has 0 saturated carbocycles. The molecule has 8 nitrogen and oxygen atoms in total. The first-order chi connectivity index (χ1) is 13.5. The van der Waals surface area contributed by atoms with Gasteiger partial charge in [0.15, 0.2) is 0 Å². The monoisotopic (exact) mass is 400 g/mol. The second-order valence-electron chi connectivity index (χ2n) is 5.70. The first-order valence-corrected chi connectivity index (χ1v) is 8.79. The van der Waals surface area contributed by atoms with Gasteiger partial charge in [-0.05, 0) is 49.7 Å². The smallest absolute Gasteiger partial charge is 0.373 e. The zero-order valence-electron chi connectivity index (χ0n) is 15.2. The van der Waals surface area contributed by atoms with Crippen LogP contribution in [0.25, 0.3) is 0 Å². The second-order valence-corrected chi connectivity index (χ2v) is 6.11. The Labute approximate surface area is 166 Å². The summed E-state index contributed by atoms with van der Waals surface area (Å²) in [6.07, 6.45) is 1.19. The Balaban J connectivity index is 1.98. The summed E-state index contributed by atoms with van der Waals surface area (Å²) in [4.78, 5) is 19.1. The third-order valence-electron chi connectivity index (χ3n) is 3.76. The summed E-state index contributed by atoms with van der Waals surface area (Å²) in [7, 11) is 0. The molecule has 2 aromatic carbocycles. The van der Waals surface area contributed by atoms with Gasteiger partial charge in [-0.15, -0.1) is 0 Å². The minimum Gasteiger partial charge on any atom is -0.492 e. The van der Waals surface area contributed by atoms with Gasteiger partial charge < -0.3 is 14.8 Å². The fourth-order valence-electron chi connectivity index (χ4n) is 2.46. The van der Waals surface area contributed by atoms with Crippen LogP contribution < -0.4 is 14.8 Å². The molecular formula is C19H17ClN4O4. The van der Waals surface area contributed by atoms with Crippen LogP contribution in [0.2, 0.25) is 5.02 Å². The van der Waals surface area contributed by atoms with Gasteiger partial charge in [-0.2, -0.15) is 4.98 Å². The van der Waals surface area contributed by atoms with E-state index in [1.54, 1.807) is 43.3 Å². The number of nitrogens with zero attached hydrogens (tertiary/aromatic N) is 3. The third-order valence-corrected chi connectivity index (χ3v) is 4.18. The van der Waals surface area contributed by atoms with Gasteiger partial charge in [-0.1, -0.05) is 23.7 Å². The molecule has 0 fully saturated rings. The molecule has 0 aliphatic rings. The van der Waals surface area contributed by atoms with Crippen LogP contribution in [0, 0.1) is 17.0 Å². The standard InChI is InChI=1S/C19H17ClN4O4/c1-3-27-16-7-5-4-6-15(16)23-18-17(24(25)26)19(22-11-21-18)28-13-8-9-14(20)12(2)10-13/h4-11H,3H2,1-2H3,(H,21,22,23). The van der Waals surface area contributed by atoms with E-state index in [0.29, 0.717) is 28.8 Å². The van der Waals surface area contributed by atoms with Crippen LogP contribution in [0.5, 0.6) is 17.4 Å². The topological polar surface area (TPSA) is 99.4 Å². The lowest BCUT2D eigenvalue weighted by atomic mass is 10.2. The molecule has 1 aromatic heterocycles. The maximum atomic E-state index is 11.7. The Morgan fingerprint density at radius 3 is 2.71 bits per heavy atom. The fourth-order valence-corrected chi connectivity index (χ4v) is 2.58. The molecular weight excluding hydrogens is 384 g/mol. The lowest BCUT2D eigenvalue weighted by molar-refractivity contribution is -0.385. The summed E-state index contributed by atoms with van der Waals surface area (Å²) in [6, 6.07) is 12.0. The number of nitrogens with one attached hydrogen (secondary N) is 1. The molecule has 3 aromatic rings. The van der Waals surface area contributed by atoms with Crippen molar-refractivity contribution >= 4 is 28.8 Å². The number of para-hydroxylation sites is 2. The highest BCUT2D eigenvalue weighted by Crippen LogP contribution is 2.37. The molecule has 0 atom stereocenters. The van der Waals surface area contributed by atoms with Gasteiger partial charge >= 0.3 is 11.6 Å². The van der Waals surface area contributed by atoms with E-state index in [1.807, 2.05) is 13.0 Å². The maximum Gasteiger partial charge on any atom is 0.373 e. The number of ether oxygens (including phenoxy) is 2. The normalized spacial score (nSPS) is 10.4. The maximum absolute atomic E-state index is 11.7. The molecule has 0 aliphatic heterocycles. The van der Waals surface area contributed by atoms with Crippen LogP contribution in [-0.4, -0.2) is 21.5 Å². The van der Waals surface area contributed by atoms with Gasteiger partial charge in [-0.25, -0.2) is 4.98 Å². The van der Waals surface area contributed by atoms with E-state index in [4.69, 9.17) is 21.1 Å². The summed E-state index contributed by atoms with van der Waals surface area (Å²) in [5, 5.41) is 15.2. The Hall–Kier alpha value is -3.39.